The zero-order valence-electron chi connectivity index (χ0n) is 22.3. The molecule has 12 nitrogen and oxygen atoms in total. The normalized spacial score (nSPS) is 12.9. The maximum atomic E-state index is 13.1. The molecule has 3 heterocycles. The lowest BCUT2D eigenvalue weighted by Gasteiger charge is -2.45. The van der Waals surface area contributed by atoms with E-state index in [2.05, 4.69) is 20.4 Å². The van der Waals surface area contributed by atoms with Crippen LogP contribution >= 0.6 is 23.5 Å². The van der Waals surface area contributed by atoms with Gasteiger partial charge in [0.25, 0.3) is 11.1 Å². The number of rotatable bonds is 8. The van der Waals surface area contributed by atoms with E-state index >= 15 is 0 Å². The van der Waals surface area contributed by atoms with Crippen LogP contribution < -0.4 is 11.1 Å². The van der Waals surface area contributed by atoms with Crippen molar-refractivity contribution in [1.82, 2.24) is 39.5 Å². The molecule has 0 amide bonds. The van der Waals surface area contributed by atoms with Crippen molar-refractivity contribution in [1.29, 1.82) is 0 Å². The van der Waals surface area contributed by atoms with Crippen LogP contribution in [-0.4, -0.2) is 64.0 Å². The first kappa shape index (κ1) is 27.3. The van der Waals surface area contributed by atoms with Gasteiger partial charge in [-0.2, -0.15) is 9.35 Å². The number of benzene rings is 2. The fourth-order valence-electron chi connectivity index (χ4n) is 3.95. The lowest BCUT2D eigenvalue weighted by molar-refractivity contribution is 0.339. The van der Waals surface area contributed by atoms with E-state index in [4.69, 9.17) is 10.2 Å². The van der Waals surface area contributed by atoms with E-state index in [1.807, 2.05) is 83.0 Å². The third kappa shape index (κ3) is 5.40. The first-order chi connectivity index (χ1) is 19.4. The molecule has 1 aliphatic heterocycles. The number of hydrogen-bond donors (Lipinski definition) is 0. The molecule has 1 saturated heterocycles. The summed E-state index contributed by atoms with van der Waals surface area (Å²) in [6.07, 6.45) is 3.61. The second-order valence-corrected chi connectivity index (χ2v) is 10.3. The largest absolute Gasteiger partial charge is 0.296 e. The number of aryl methyl sites for hydroxylation is 2. The molecule has 1 aliphatic rings. The molecule has 1 fully saturated rings. The summed E-state index contributed by atoms with van der Waals surface area (Å²) in [7, 11) is 0. The van der Waals surface area contributed by atoms with Crippen LogP contribution in [0.2, 0.25) is 0 Å². The minimum absolute atomic E-state index is 0.231. The highest BCUT2D eigenvalue weighted by Gasteiger charge is 2.41. The second-order valence-electron chi connectivity index (χ2n) is 8.72. The Hall–Kier alpha value is -4.30. The average Bonchev–Trinajstić information content (AvgIpc) is 2.98. The van der Waals surface area contributed by atoms with E-state index in [1.54, 1.807) is 13.8 Å². The van der Waals surface area contributed by atoms with E-state index in [1.165, 1.54) is 32.9 Å². The van der Waals surface area contributed by atoms with Gasteiger partial charge in [-0.3, -0.25) is 19.4 Å². The molecular weight excluding hydrogens is 548 g/mol. The zero-order chi connectivity index (χ0) is 28.2. The number of guanidine groups is 2. The summed E-state index contributed by atoms with van der Waals surface area (Å²) in [6.45, 7) is 3.99. The van der Waals surface area contributed by atoms with Crippen molar-refractivity contribution in [3.63, 3.8) is 0 Å². The highest BCUT2D eigenvalue weighted by atomic mass is 32.2. The van der Waals surface area contributed by atoms with Crippen molar-refractivity contribution in [2.24, 2.45) is 10.2 Å². The van der Waals surface area contributed by atoms with Gasteiger partial charge >= 0.3 is 0 Å². The summed E-state index contributed by atoms with van der Waals surface area (Å²) in [6, 6.07) is 19.6. The molecule has 2 aromatic heterocycles. The SMILES string of the molecule is CSc1nnc(C)c(=O)n1N=C1N(Cc2ccccc2)C(=Nn2c(SC)nnc(C)c2=O)N1Cc1ccccc1. The molecule has 5 rings (SSSR count). The number of hydrogen-bond acceptors (Lipinski definition) is 10. The van der Waals surface area contributed by atoms with E-state index in [-0.39, 0.29) is 22.5 Å². The van der Waals surface area contributed by atoms with Gasteiger partial charge in [-0.25, -0.2) is 0 Å². The molecule has 0 saturated carbocycles. The van der Waals surface area contributed by atoms with E-state index < -0.39 is 0 Å². The third-order valence-electron chi connectivity index (χ3n) is 6.01. The first-order valence-corrected chi connectivity index (χ1v) is 14.7. The Morgan fingerprint density at radius 1 is 0.625 bits per heavy atom. The number of nitrogens with zero attached hydrogens (tertiary/aromatic N) is 10. The maximum absolute atomic E-state index is 13.1. The Kier molecular flexibility index (Phi) is 8.07. The van der Waals surface area contributed by atoms with Gasteiger partial charge in [-0.15, -0.1) is 30.6 Å². The van der Waals surface area contributed by atoms with Crippen molar-refractivity contribution >= 4 is 35.4 Å². The summed E-state index contributed by atoms with van der Waals surface area (Å²) in [5, 5.41) is 26.5. The molecule has 0 N–H and O–H groups in total. The Bertz CT molecular complexity index is 1570. The standard InChI is InChI=1S/C26H26N10O2S2/c1-17-21(37)35(25(39-3)29-27-17)31-23-33(15-19-11-7-5-8-12-19)24(34(23)16-20-13-9-6-10-14-20)32-36-22(38)18(2)28-30-26(36)40-4/h5-14H,15-16H2,1-4H3. The zero-order valence-corrected chi connectivity index (χ0v) is 23.9. The molecule has 14 heteroatoms. The minimum Gasteiger partial charge on any atom is -0.274 e. The number of thioether (sulfide) groups is 2. The molecule has 2 aromatic carbocycles. The van der Waals surface area contributed by atoms with Crippen molar-refractivity contribution in [2.75, 3.05) is 12.5 Å². The summed E-state index contributed by atoms with van der Waals surface area (Å²) in [5.41, 5.74) is 1.70. The maximum Gasteiger partial charge on any atom is 0.296 e. The fourth-order valence-corrected chi connectivity index (χ4v) is 4.79. The quantitative estimate of drug-likeness (QED) is 0.290. The van der Waals surface area contributed by atoms with Crippen LogP contribution in [0.15, 0.2) is 90.8 Å². The van der Waals surface area contributed by atoms with Crippen LogP contribution in [0, 0.1) is 13.8 Å². The summed E-state index contributed by atoms with van der Waals surface area (Å²) >= 11 is 2.54. The van der Waals surface area contributed by atoms with E-state index in [0.717, 1.165) is 11.1 Å². The summed E-state index contributed by atoms with van der Waals surface area (Å²) < 4.78 is 2.51. The molecule has 0 atom stereocenters. The second kappa shape index (κ2) is 11.8. The molecule has 40 heavy (non-hydrogen) atoms. The molecule has 0 radical (unpaired) electrons. The Morgan fingerprint density at radius 3 is 1.35 bits per heavy atom. The Balaban J connectivity index is 1.72. The van der Waals surface area contributed by atoms with Crippen LogP contribution in [0.25, 0.3) is 0 Å². The fraction of sp³-hybridized carbons (Fsp3) is 0.231. The topological polar surface area (TPSA) is 127 Å². The highest BCUT2D eigenvalue weighted by molar-refractivity contribution is 7.98. The summed E-state index contributed by atoms with van der Waals surface area (Å²) in [4.78, 5) is 29.9. The van der Waals surface area contributed by atoms with Crippen molar-refractivity contribution < 1.29 is 0 Å². The van der Waals surface area contributed by atoms with Crippen LogP contribution in [0.4, 0.5) is 0 Å². The predicted molar refractivity (Wildman–Crippen MR) is 155 cm³/mol. The van der Waals surface area contributed by atoms with Crippen LogP contribution in [0.3, 0.4) is 0 Å². The van der Waals surface area contributed by atoms with Crippen LogP contribution in [-0.2, 0) is 13.1 Å². The van der Waals surface area contributed by atoms with Gasteiger partial charge in [0, 0.05) is 0 Å². The monoisotopic (exact) mass is 574 g/mol. The van der Waals surface area contributed by atoms with Gasteiger partial charge in [0.2, 0.25) is 22.2 Å². The molecular formula is C26H26N10O2S2. The lowest BCUT2D eigenvalue weighted by atomic mass is 10.1. The molecule has 4 aromatic rings. The molecule has 0 bridgehead atoms. The minimum atomic E-state index is -0.369. The van der Waals surface area contributed by atoms with Crippen LogP contribution in [0.5, 0.6) is 0 Å². The average molecular weight is 575 g/mol. The van der Waals surface area contributed by atoms with Gasteiger partial charge in [-0.1, -0.05) is 84.2 Å². The molecule has 0 unspecified atom stereocenters. The Labute approximate surface area is 238 Å². The van der Waals surface area contributed by atoms with Gasteiger partial charge < -0.3 is 0 Å². The van der Waals surface area contributed by atoms with E-state index in [9.17, 15) is 9.59 Å². The third-order valence-corrected chi connectivity index (χ3v) is 7.25. The van der Waals surface area contributed by atoms with Gasteiger partial charge in [-0.05, 0) is 37.5 Å². The first-order valence-electron chi connectivity index (χ1n) is 12.2. The smallest absolute Gasteiger partial charge is 0.274 e. The van der Waals surface area contributed by atoms with Crippen molar-refractivity contribution in [2.45, 2.75) is 37.2 Å². The summed E-state index contributed by atoms with van der Waals surface area (Å²) in [5.74, 6) is 0.933. The Morgan fingerprint density at radius 2 is 1.00 bits per heavy atom. The molecule has 204 valence electrons. The van der Waals surface area contributed by atoms with Crippen molar-refractivity contribution in [3.05, 3.63) is 104 Å². The predicted octanol–water partition coefficient (Wildman–Crippen LogP) is 2.61. The highest BCUT2D eigenvalue weighted by Crippen LogP contribution is 2.25. The molecule has 0 spiro atoms. The number of aromatic nitrogens is 6. The van der Waals surface area contributed by atoms with Gasteiger partial charge in [0.1, 0.15) is 11.4 Å². The van der Waals surface area contributed by atoms with Gasteiger partial charge in [0.15, 0.2) is 0 Å². The van der Waals surface area contributed by atoms with Crippen LogP contribution in [0.1, 0.15) is 22.5 Å². The molecule has 0 aliphatic carbocycles. The lowest BCUT2D eigenvalue weighted by Crippen LogP contribution is -2.65. The van der Waals surface area contributed by atoms with E-state index in [0.29, 0.717) is 35.3 Å². The van der Waals surface area contributed by atoms with Gasteiger partial charge in [0.05, 0.1) is 13.1 Å². The van der Waals surface area contributed by atoms with Crippen molar-refractivity contribution in [3.8, 4) is 0 Å².